The molecule has 0 bridgehead atoms. The van der Waals surface area contributed by atoms with Gasteiger partial charge >= 0.3 is 0 Å². The summed E-state index contributed by atoms with van der Waals surface area (Å²) >= 11 is 0. The summed E-state index contributed by atoms with van der Waals surface area (Å²) in [4.78, 5) is 11.7. The zero-order valence-corrected chi connectivity index (χ0v) is 9.88. The molecule has 0 spiro atoms. The van der Waals surface area contributed by atoms with Gasteiger partial charge in [-0.15, -0.1) is 0 Å². The van der Waals surface area contributed by atoms with Gasteiger partial charge in [-0.2, -0.15) is 0 Å². The Morgan fingerprint density at radius 2 is 2.00 bits per heavy atom. The second-order valence-corrected chi connectivity index (χ2v) is 4.14. The molecule has 4 nitrogen and oxygen atoms in total. The number of carbonyl (C=O) groups excluding carboxylic acids is 1. The molecule has 0 saturated carbocycles. The first-order valence-electron chi connectivity index (χ1n) is 5.81. The molecule has 4 heteroatoms. The van der Waals surface area contributed by atoms with Crippen LogP contribution in [0.15, 0.2) is 0 Å². The van der Waals surface area contributed by atoms with E-state index in [9.17, 15) is 4.79 Å². The third-order valence-corrected chi connectivity index (χ3v) is 2.85. The summed E-state index contributed by atoms with van der Waals surface area (Å²) in [5.41, 5.74) is 0. The monoisotopic (exact) mass is 214 g/mol. The summed E-state index contributed by atoms with van der Waals surface area (Å²) < 4.78 is 5.04. The second-order valence-electron chi connectivity index (χ2n) is 4.14. The van der Waals surface area contributed by atoms with Crippen LogP contribution in [0.3, 0.4) is 0 Å². The van der Waals surface area contributed by atoms with Crippen molar-refractivity contribution in [3.8, 4) is 0 Å². The van der Waals surface area contributed by atoms with E-state index in [1.807, 2.05) is 6.92 Å². The van der Waals surface area contributed by atoms with Crippen LogP contribution >= 0.6 is 0 Å². The molecule has 1 fully saturated rings. The molecule has 2 N–H and O–H groups in total. The highest BCUT2D eigenvalue weighted by atomic mass is 16.5. The molecule has 1 rings (SSSR count). The molecule has 1 aliphatic heterocycles. The second kappa shape index (κ2) is 6.08. The smallest absolute Gasteiger partial charge is 0.237 e. The molecule has 1 aliphatic rings. The lowest BCUT2D eigenvalue weighted by Crippen LogP contribution is -2.55. The molecule has 15 heavy (non-hydrogen) atoms. The molecular formula is C11H22N2O2. The number of rotatable bonds is 6. The van der Waals surface area contributed by atoms with E-state index in [1.165, 1.54) is 0 Å². The van der Waals surface area contributed by atoms with Crippen molar-refractivity contribution in [2.75, 3.05) is 13.2 Å². The van der Waals surface area contributed by atoms with Gasteiger partial charge in [-0.1, -0.05) is 13.8 Å². The van der Waals surface area contributed by atoms with Gasteiger partial charge in [0.2, 0.25) is 5.91 Å². The van der Waals surface area contributed by atoms with Crippen LogP contribution in [0.4, 0.5) is 0 Å². The van der Waals surface area contributed by atoms with Gasteiger partial charge in [-0.05, 0) is 19.8 Å². The van der Waals surface area contributed by atoms with Crippen molar-refractivity contribution in [1.82, 2.24) is 10.6 Å². The van der Waals surface area contributed by atoms with Crippen molar-refractivity contribution >= 4 is 5.91 Å². The van der Waals surface area contributed by atoms with Gasteiger partial charge in [0, 0.05) is 6.04 Å². The average Bonchev–Trinajstić information content (AvgIpc) is 2.19. The van der Waals surface area contributed by atoms with E-state index in [1.54, 1.807) is 0 Å². The maximum Gasteiger partial charge on any atom is 0.237 e. The first kappa shape index (κ1) is 12.5. The van der Waals surface area contributed by atoms with Crippen molar-refractivity contribution < 1.29 is 9.53 Å². The van der Waals surface area contributed by atoms with Crippen LogP contribution in [0.25, 0.3) is 0 Å². The molecule has 0 aromatic heterocycles. The molecule has 1 unspecified atom stereocenters. The maximum absolute atomic E-state index is 11.7. The summed E-state index contributed by atoms with van der Waals surface area (Å²) in [6.07, 6.45) is 1.98. The van der Waals surface area contributed by atoms with E-state index < -0.39 is 0 Å². The fourth-order valence-corrected chi connectivity index (χ4v) is 1.58. The summed E-state index contributed by atoms with van der Waals surface area (Å²) in [7, 11) is 0. The van der Waals surface area contributed by atoms with Crippen LogP contribution in [0.1, 0.15) is 33.6 Å². The zero-order valence-electron chi connectivity index (χ0n) is 9.88. The van der Waals surface area contributed by atoms with Gasteiger partial charge in [0.05, 0.1) is 25.3 Å². The third-order valence-electron chi connectivity index (χ3n) is 2.85. The number of amides is 1. The van der Waals surface area contributed by atoms with Crippen molar-refractivity contribution in [1.29, 1.82) is 0 Å². The first-order chi connectivity index (χ1) is 7.17. The van der Waals surface area contributed by atoms with Crippen molar-refractivity contribution in [2.45, 2.75) is 51.7 Å². The van der Waals surface area contributed by atoms with Crippen LogP contribution in [-0.4, -0.2) is 37.2 Å². The van der Waals surface area contributed by atoms with Gasteiger partial charge in [0.15, 0.2) is 0 Å². The highest BCUT2D eigenvalue weighted by molar-refractivity contribution is 5.81. The Labute approximate surface area is 91.8 Å². The summed E-state index contributed by atoms with van der Waals surface area (Å²) in [6, 6.07) is 0.534. The molecule has 1 atom stereocenters. The lowest BCUT2D eigenvalue weighted by Gasteiger charge is -2.30. The fraction of sp³-hybridized carbons (Fsp3) is 0.909. The number of nitrogens with one attached hydrogen (secondary N) is 2. The highest BCUT2D eigenvalue weighted by Gasteiger charge is 2.23. The third kappa shape index (κ3) is 3.80. The maximum atomic E-state index is 11.7. The minimum absolute atomic E-state index is 0.0931. The molecule has 1 amide bonds. The van der Waals surface area contributed by atoms with E-state index in [0.29, 0.717) is 12.1 Å². The Kier molecular flexibility index (Phi) is 5.05. The minimum atomic E-state index is -0.125. The van der Waals surface area contributed by atoms with Crippen LogP contribution < -0.4 is 10.6 Å². The van der Waals surface area contributed by atoms with Crippen molar-refractivity contribution in [3.05, 3.63) is 0 Å². The number of hydrogen-bond donors (Lipinski definition) is 2. The van der Waals surface area contributed by atoms with Gasteiger partial charge in [-0.3, -0.25) is 10.1 Å². The quantitative estimate of drug-likeness (QED) is 0.683. The Morgan fingerprint density at radius 1 is 1.40 bits per heavy atom. The van der Waals surface area contributed by atoms with E-state index in [0.717, 1.165) is 26.1 Å². The first-order valence-corrected chi connectivity index (χ1v) is 5.81. The van der Waals surface area contributed by atoms with Gasteiger partial charge in [-0.25, -0.2) is 0 Å². The SMILES string of the molecule is CCC(CC)NC(=O)C(C)NC1COC1. The number of ether oxygens (including phenoxy) is 1. The van der Waals surface area contributed by atoms with Gasteiger partial charge < -0.3 is 10.1 Å². The van der Waals surface area contributed by atoms with E-state index >= 15 is 0 Å². The molecule has 88 valence electrons. The number of hydrogen-bond acceptors (Lipinski definition) is 3. The molecule has 0 aromatic rings. The number of carbonyl (C=O) groups is 1. The van der Waals surface area contributed by atoms with Crippen LogP contribution in [0, 0.1) is 0 Å². The molecule has 1 heterocycles. The Hall–Kier alpha value is -0.610. The molecule has 0 aromatic carbocycles. The van der Waals surface area contributed by atoms with Gasteiger partial charge in [0.1, 0.15) is 0 Å². The predicted octanol–water partition coefficient (Wildman–Crippen LogP) is 0.668. The largest absolute Gasteiger partial charge is 0.378 e. The van der Waals surface area contributed by atoms with E-state index in [-0.39, 0.29) is 11.9 Å². The minimum Gasteiger partial charge on any atom is -0.378 e. The molecule has 0 aliphatic carbocycles. The highest BCUT2D eigenvalue weighted by Crippen LogP contribution is 2.02. The van der Waals surface area contributed by atoms with Crippen molar-refractivity contribution in [3.63, 3.8) is 0 Å². The lowest BCUT2D eigenvalue weighted by atomic mass is 10.1. The summed E-state index contributed by atoms with van der Waals surface area (Å²) in [5.74, 6) is 0.0931. The van der Waals surface area contributed by atoms with Crippen LogP contribution in [0.2, 0.25) is 0 Å². The molecule has 0 radical (unpaired) electrons. The topological polar surface area (TPSA) is 50.4 Å². The Balaban J connectivity index is 2.24. The average molecular weight is 214 g/mol. The predicted molar refractivity (Wildman–Crippen MR) is 59.7 cm³/mol. The zero-order chi connectivity index (χ0) is 11.3. The van der Waals surface area contributed by atoms with Crippen LogP contribution in [-0.2, 0) is 9.53 Å². The fourth-order valence-electron chi connectivity index (χ4n) is 1.58. The Bertz CT molecular complexity index is 201. The Morgan fingerprint density at radius 3 is 2.40 bits per heavy atom. The lowest BCUT2D eigenvalue weighted by molar-refractivity contribution is -0.124. The normalized spacial score (nSPS) is 18.7. The molecular weight excluding hydrogens is 192 g/mol. The standard InChI is InChI=1S/C11H22N2O2/c1-4-9(5-2)13-11(14)8(3)12-10-6-15-7-10/h8-10,12H,4-7H2,1-3H3,(H,13,14). The van der Waals surface area contributed by atoms with Crippen molar-refractivity contribution in [2.24, 2.45) is 0 Å². The summed E-state index contributed by atoms with van der Waals surface area (Å²) in [6.45, 7) is 7.53. The van der Waals surface area contributed by atoms with E-state index in [4.69, 9.17) is 4.74 Å². The van der Waals surface area contributed by atoms with Crippen LogP contribution in [0.5, 0.6) is 0 Å². The van der Waals surface area contributed by atoms with E-state index in [2.05, 4.69) is 24.5 Å². The van der Waals surface area contributed by atoms with Gasteiger partial charge in [0.25, 0.3) is 0 Å². The molecule has 1 saturated heterocycles. The summed E-state index contributed by atoms with van der Waals surface area (Å²) in [5, 5.41) is 6.26.